The lowest BCUT2D eigenvalue weighted by Gasteiger charge is -2.27. The average molecular weight is 414 g/mol. The van der Waals surface area contributed by atoms with Gasteiger partial charge in [-0.1, -0.05) is 23.7 Å². The van der Waals surface area contributed by atoms with Gasteiger partial charge in [-0.15, -0.1) is 0 Å². The third-order valence-corrected chi connectivity index (χ3v) is 5.00. The molecule has 0 aromatic heterocycles. The number of benzene rings is 2. The summed E-state index contributed by atoms with van der Waals surface area (Å²) in [7, 11) is 0. The van der Waals surface area contributed by atoms with Crippen LogP contribution >= 0.6 is 11.6 Å². The fourth-order valence-corrected chi connectivity index (χ4v) is 3.38. The fourth-order valence-electron chi connectivity index (χ4n) is 3.26. The summed E-state index contributed by atoms with van der Waals surface area (Å²) in [5.41, 5.74) is 2.45. The largest absolute Gasteiger partial charge is 0.442 e. The maximum atomic E-state index is 12.3. The molecule has 150 valence electrons. The number of anilines is 2. The van der Waals surface area contributed by atoms with Gasteiger partial charge in [-0.3, -0.25) is 14.7 Å². The number of hydrogen-bond donors (Lipinski definition) is 0. The van der Waals surface area contributed by atoms with Crippen molar-refractivity contribution >= 4 is 41.2 Å². The molecule has 2 fully saturated rings. The number of carbonyl (C=O) groups excluding carboxylic acids is 2. The molecule has 8 heteroatoms. The maximum absolute atomic E-state index is 12.3. The molecule has 1 atom stereocenters. The lowest BCUT2D eigenvalue weighted by atomic mass is 10.2. The summed E-state index contributed by atoms with van der Waals surface area (Å²) in [6, 6.07) is 14.6. The van der Waals surface area contributed by atoms with E-state index < -0.39 is 6.09 Å². The van der Waals surface area contributed by atoms with Gasteiger partial charge in [0, 0.05) is 29.2 Å². The van der Waals surface area contributed by atoms with Crippen LogP contribution in [-0.2, 0) is 14.3 Å². The van der Waals surface area contributed by atoms with Gasteiger partial charge in [-0.05, 0) is 42.0 Å². The Kier molecular flexibility index (Phi) is 5.78. The fraction of sp³-hybridized carbons (Fsp3) is 0.286. The molecular formula is C21H20ClN3O4. The number of amides is 2. The second-order valence-electron chi connectivity index (χ2n) is 6.78. The molecule has 0 saturated carbocycles. The molecule has 0 spiro atoms. The Bertz CT molecular complexity index is 915. The number of hydrogen-bond acceptors (Lipinski definition) is 5. The predicted molar refractivity (Wildman–Crippen MR) is 111 cm³/mol. The predicted octanol–water partition coefficient (Wildman–Crippen LogP) is 3.15. The second kappa shape index (κ2) is 8.63. The first-order valence-corrected chi connectivity index (χ1v) is 9.70. The Labute approximate surface area is 173 Å². The van der Waals surface area contributed by atoms with Crippen LogP contribution in [0, 0.1) is 0 Å². The summed E-state index contributed by atoms with van der Waals surface area (Å²) in [6.45, 7) is 1.94. The van der Waals surface area contributed by atoms with Crippen molar-refractivity contribution in [1.82, 2.24) is 0 Å². The Morgan fingerprint density at radius 1 is 1.03 bits per heavy atom. The molecule has 29 heavy (non-hydrogen) atoms. The number of aliphatic imine (C=N–C) groups is 1. The van der Waals surface area contributed by atoms with Crippen molar-refractivity contribution in [2.45, 2.75) is 6.10 Å². The van der Waals surface area contributed by atoms with Crippen molar-refractivity contribution in [3.8, 4) is 0 Å². The molecule has 4 rings (SSSR count). The molecule has 2 amide bonds. The van der Waals surface area contributed by atoms with E-state index in [1.807, 2.05) is 36.4 Å². The van der Waals surface area contributed by atoms with Crippen LogP contribution in [0.25, 0.3) is 0 Å². The smallest absolute Gasteiger partial charge is 0.414 e. The summed E-state index contributed by atoms with van der Waals surface area (Å²) >= 11 is 5.87. The van der Waals surface area contributed by atoms with Crippen LogP contribution < -0.4 is 9.80 Å². The number of cyclic esters (lactones) is 1. The molecule has 1 unspecified atom stereocenters. The highest BCUT2D eigenvalue weighted by Gasteiger charge is 2.32. The van der Waals surface area contributed by atoms with Crippen LogP contribution in [0.5, 0.6) is 0 Å². The quantitative estimate of drug-likeness (QED) is 0.706. The highest BCUT2D eigenvalue weighted by Crippen LogP contribution is 2.25. The second-order valence-corrected chi connectivity index (χ2v) is 7.21. The summed E-state index contributed by atoms with van der Waals surface area (Å²) in [5, 5.41) is 0.673. The van der Waals surface area contributed by atoms with Crippen LogP contribution in [0.4, 0.5) is 16.2 Å². The number of ether oxygens (including phenoxy) is 2. The van der Waals surface area contributed by atoms with Crippen LogP contribution in [0.2, 0.25) is 5.02 Å². The molecule has 0 bridgehead atoms. The van der Waals surface area contributed by atoms with E-state index in [-0.39, 0.29) is 18.6 Å². The van der Waals surface area contributed by atoms with Gasteiger partial charge in [0.05, 0.1) is 19.7 Å². The summed E-state index contributed by atoms with van der Waals surface area (Å²) in [4.78, 5) is 31.8. The number of nitrogens with zero attached hydrogens (tertiary/aromatic N) is 3. The molecule has 2 aromatic carbocycles. The van der Waals surface area contributed by atoms with Gasteiger partial charge in [0.1, 0.15) is 12.7 Å². The van der Waals surface area contributed by atoms with Crippen molar-refractivity contribution in [2.75, 3.05) is 42.6 Å². The topological polar surface area (TPSA) is 71.4 Å². The van der Waals surface area contributed by atoms with E-state index >= 15 is 0 Å². The first-order chi connectivity index (χ1) is 14.1. The molecule has 7 nitrogen and oxygen atoms in total. The maximum Gasteiger partial charge on any atom is 0.414 e. The van der Waals surface area contributed by atoms with E-state index in [1.165, 1.54) is 0 Å². The molecule has 2 saturated heterocycles. The molecule has 2 aromatic rings. The SMILES string of the molecule is O=C1COCCN1c1ccc(N2CC(CN=Cc3ccc(Cl)cc3)OC2=O)cc1. The first kappa shape index (κ1) is 19.4. The zero-order chi connectivity index (χ0) is 20.2. The monoisotopic (exact) mass is 413 g/mol. The molecular weight excluding hydrogens is 394 g/mol. The number of carbonyl (C=O) groups is 2. The molecule has 2 heterocycles. The van der Waals surface area contributed by atoms with Gasteiger partial charge in [0.15, 0.2) is 0 Å². The minimum Gasteiger partial charge on any atom is -0.442 e. The zero-order valence-electron chi connectivity index (χ0n) is 15.7. The highest BCUT2D eigenvalue weighted by molar-refractivity contribution is 6.30. The molecule has 0 aliphatic carbocycles. The van der Waals surface area contributed by atoms with Crippen molar-refractivity contribution < 1.29 is 19.1 Å². The normalized spacial score (nSPS) is 19.8. The van der Waals surface area contributed by atoms with Crippen LogP contribution in [-0.4, -0.2) is 57.2 Å². The first-order valence-electron chi connectivity index (χ1n) is 9.32. The van der Waals surface area contributed by atoms with E-state index in [1.54, 1.807) is 28.1 Å². The third-order valence-electron chi connectivity index (χ3n) is 4.75. The van der Waals surface area contributed by atoms with E-state index in [2.05, 4.69) is 4.99 Å². The average Bonchev–Trinajstić information content (AvgIpc) is 3.10. The highest BCUT2D eigenvalue weighted by atomic mass is 35.5. The van der Waals surface area contributed by atoms with Crippen LogP contribution in [0.15, 0.2) is 53.5 Å². The van der Waals surface area contributed by atoms with Gasteiger partial charge in [-0.25, -0.2) is 4.79 Å². The summed E-state index contributed by atoms with van der Waals surface area (Å²) in [6.07, 6.45) is 1.03. The van der Waals surface area contributed by atoms with Crippen molar-refractivity contribution in [3.05, 3.63) is 59.1 Å². The van der Waals surface area contributed by atoms with Gasteiger partial charge < -0.3 is 14.4 Å². The lowest BCUT2D eigenvalue weighted by Crippen LogP contribution is -2.41. The lowest BCUT2D eigenvalue weighted by molar-refractivity contribution is -0.125. The van der Waals surface area contributed by atoms with E-state index in [9.17, 15) is 9.59 Å². The van der Waals surface area contributed by atoms with Crippen molar-refractivity contribution in [1.29, 1.82) is 0 Å². The van der Waals surface area contributed by atoms with Gasteiger partial charge in [0.2, 0.25) is 0 Å². The minimum atomic E-state index is -0.396. The summed E-state index contributed by atoms with van der Waals surface area (Å²) < 4.78 is 10.6. The van der Waals surface area contributed by atoms with Gasteiger partial charge in [-0.2, -0.15) is 0 Å². The van der Waals surface area contributed by atoms with E-state index in [4.69, 9.17) is 21.1 Å². The van der Waals surface area contributed by atoms with Gasteiger partial charge in [0.25, 0.3) is 5.91 Å². The van der Waals surface area contributed by atoms with Crippen molar-refractivity contribution in [3.63, 3.8) is 0 Å². The number of halogens is 1. The molecule has 0 N–H and O–H groups in total. The number of rotatable bonds is 5. The van der Waals surface area contributed by atoms with Crippen LogP contribution in [0.3, 0.4) is 0 Å². The van der Waals surface area contributed by atoms with E-state index in [0.717, 1.165) is 16.9 Å². The Morgan fingerprint density at radius 2 is 1.72 bits per heavy atom. The number of morpholine rings is 1. The van der Waals surface area contributed by atoms with Crippen molar-refractivity contribution in [2.24, 2.45) is 4.99 Å². The van der Waals surface area contributed by atoms with Crippen LogP contribution in [0.1, 0.15) is 5.56 Å². The Hall–Kier alpha value is -2.90. The van der Waals surface area contributed by atoms with Gasteiger partial charge >= 0.3 is 6.09 Å². The third kappa shape index (κ3) is 4.58. The molecule has 2 aliphatic rings. The molecule has 2 aliphatic heterocycles. The standard InChI is InChI=1S/C21H20ClN3O4/c22-16-3-1-15(2-4-16)11-23-12-19-13-25(21(27)29-19)18-7-5-17(6-8-18)24-9-10-28-14-20(24)26/h1-8,11,19H,9-10,12-14H2. The van der Waals surface area contributed by atoms with E-state index in [0.29, 0.717) is 31.3 Å². The minimum absolute atomic E-state index is 0.0665. The Balaban J connectivity index is 1.36. The summed E-state index contributed by atoms with van der Waals surface area (Å²) in [5.74, 6) is -0.0665. The Morgan fingerprint density at radius 3 is 2.41 bits per heavy atom. The zero-order valence-corrected chi connectivity index (χ0v) is 16.4. The molecule has 0 radical (unpaired) electrons.